The van der Waals surface area contributed by atoms with Crippen LogP contribution in [0.2, 0.25) is 10.0 Å². The smallest absolute Gasteiger partial charge is 0.417 e. The number of rotatable bonds is 2. The first-order valence-electron chi connectivity index (χ1n) is 8.41. The summed E-state index contributed by atoms with van der Waals surface area (Å²) < 4.78 is 5.08. The van der Waals surface area contributed by atoms with Gasteiger partial charge in [0.15, 0.2) is 0 Å². The van der Waals surface area contributed by atoms with Gasteiger partial charge in [-0.3, -0.25) is 19.6 Å². The van der Waals surface area contributed by atoms with E-state index in [2.05, 4.69) is 15.3 Å². The van der Waals surface area contributed by atoms with Crippen LogP contribution in [0, 0.1) is 0 Å². The molecule has 2 aromatic heterocycles. The number of pyridine rings is 2. The number of carbonyl (C=O) groups excluding carboxylic acids is 3. The van der Waals surface area contributed by atoms with Crippen molar-refractivity contribution in [2.24, 2.45) is 0 Å². The van der Waals surface area contributed by atoms with Gasteiger partial charge in [-0.2, -0.15) is 0 Å². The summed E-state index contributed by atoms with van der Waals surface area (Å²) in [5.74, 6) is -0.792. The number of hydrogen-bond donors (Lipinski definition) is 1. The standard InChI is InChI=1S/C12H15ClN2O3.C7H7ClN2O/c1-12(2,3)18-11(17)15(4)10(16)9-7-8(13)5-6-14-9;1-9-7(11)6-4-5(8)2-3-10-6/h5-7H,1-4H3;2-4H,1H3,(H,9,11). The monoisotopic (exact) mass is 440 g/mol. The molecule has 0 atom stereocenters. The summed E-state index contributed by atoms with van der Waals surface area (Å²) in [5.41, 5.74) is -0.233. The summed E-state index contributed by atoms with van der Waals surface area (Å²) in [6, 6.07) is 6.07. The molecule has 2 aromatic rings. The fraction of sp³-hybridized carbons (Fsp3) is 0.316. The van der Waals surface area contributed by atoms with Gasteiger partial charge >= 0.3 is 6.09 Å². The molecule has 3 amide bonds. The Morgan fingerprint density at radius 3 is 1.93 bits per heavy atom. The number of halogens is 2. The molecule has 0 spiro atoms. The number of ether oxygens (including phenoxy) is 1. The quantitative estimate of drug-likeness (QED) is 0.760. The number of amides is 3. The number of nitrogens with one attached hydrogen (secondary N) is 1. The van der Waals surface area contributed by atoms with Gasteiger partial charge in [-0.1, -0.05) is 23.2 Å². The van der Waals surface area contributed by atoms with Crippen molar-refractivity contribution in [2.75, 3.05) is 14.1 Å². The van der Waals surface area contributed by atoms with Crippen molar-refractivity contribution in [1.29, 1.82) is 0 Å². The predicted octanol–water partition coefficient (Wildman–Crippen LogP) is 3.84. The van der Waals surface area contributed by atoms with E-state index in [1.165, 1.54) is 31.6 Å². The highest BCUT2D eigenvalue weighted by Gasteiger charge is 2.25. The summed E-state index contributed by atoms with van der Waals surface area (Å²) in [6.45, 7) is 5.17. The SMILES string of the molecule is CN(C(=O)OC(C)(C)C)C(=O)c1cc(Cl)ccn1.CNC(=O)c1cc(Cl)ccn1. The Kier molecular flexibility index (Phi) is 9.00. The first-order chi connectivity index (χ1) is 13.4. The molecular formula is C19H22Cl2N4O4. The molecule has 0 radical (unpaired) electrons. The lowest BCUT2D eigenvalue weighted by atomic mass is 10.2. The van der Waals surface area contributed by atoms with Crippen LogP contribution in [0.3, 0.4) is 0 Å². The number of nitrogens with zero attached hydrogens (tertiary/aromatic N) is 3. The largest absolute Gasteiger partial charge is 0.443 e. The van der Waals surface area contributed by atoms with Gasteiger partial charge in [0.1, 0.15) is 17.0 Å². The Labute approximate surface area is 179 Å². The van der Waals surface area contributed by atoms with Crippen molar-refractivity contribution in [2.45, 2.75) is 26.4 Å². The molecule has 8 nitrogen and oxygen atoms in total. The molecule has 0 aliphatic rings. The molecule has 0 aromatic carbocycles. The van der Waals surface area contributed by atoms with Crippen molar-refractivity contribution in [1.82, 2.24) is 20.2 Å². The van der Waals surface area contributed by atoms with Crippen molar-refractivity contribution in [3.63, 3.8) is 0 Å². The molecule has 0 aliphatic carbocycles. The zero-order valence-electron chi connectivity index (χ0n) is 16.7. The summed E-state index contributed by atoms with van der Waals surface area (Å²) in [5, 5.41) is 3.34. The number of carbonyl (C=O) groups is 3. The molecule has 0 bridgehead atoms. The molecule has 10 heteroatoms. The summed E-state index contributed by atoms with van der Waals surface area (Å²) in [7, 11) is 2.88. The van der Waals surface area contributed by atoms with Crippen LogP contribution in [0.5, 0.6) is 0 Å². The average molecular weight is 441 g/mol. The maximum Gasteiger partial charge on any atom is 0.417 e. The highest BCUT2D eigenvalue weighted by atomic mass is 35.5. The third kappa shape index (κ3) is 8.45. The van der Waals surface area contributed by atoms with Crippen LogP contribution in [-0.2, 0) is 4.74 Å². The van der Waals surface area contributed by atoms with E-state index in [-0.39, 0.29) is 11.6 Å². The zero-order chi connectivity index (χ0) is 22.2. The third-order valence-electron chi connectivity index (χ3n) is 3.09. The third-order valence-corrected chi connectivity index (χ3v) is 3.56. The lowest BCUT2D eigenvalue weighted by Gasteiger charge is -2.23. The average Bonchev–Trinajstić information content (AvgIpc) is 2.65. The van der Waals surface area contributed by atoms with Crippen LogP contribution in [-0.4, -0.2) is 52.5 Å². The highest BCUT2D eigenvalue weighted by Crippen LogP contribution is 2.13. The minimum Gasteiger partial charge on any atom is -0.443 e. The summed E-state index contributed by atoms with van der Waals surface area (Å²) in [4.78, 5) is 43.1. The molecule has 0 aliphatic heterocycles. The van der Waals surface area contributed by atoms with Gasteiger partial charge in [-0.25, -0.2) is 9.69 Å². The lowest BCUT2D eigenvalue weighted by molar-refractivity contribution is 0.0283. The Hall–Kier alpha value is -2.71. The van der Waals surface area contributed by atoms with Crippen LogP contribution in [0.4, 0.5) is 4.79 Å². The first kappa shape index (κ1) is 24.3. The number of imide groups is 1. The topological polar surface area (TPSA) is 101 Å². The minimum atomic E-state index is -0.728. The van der Waals surface area contributed by atoms with E-state index in [1.807, 2.05) is 0 Å². The van der Waals surface area contributed by atoms with Gasteiger partial charge in [0.25, 0.3) is 11.8 Å². The summed E-state index contributed by atoms with van der Waals surface area (Å²) in [6.07, 6.45) is 2.17. The Bertz CT molecular complexity index is 885. The Balaban J connectivity index is 0.000000326. The zero-order valence-corrected chi connectivity index (χ0v) is 18.2. The van der Waals surface area contributed by atoms with Crippen LogP contribution in [0.1, 0.15) is 41.7 Å². The fourth-order valence-electron chi connectivity index (χ4n) is 1.76. The second-order valence-electron chi connectivity index (χ2n) is 6.64. The van der Waals surface area contributed by atoms with Gasteiger partial charge in [0.05, 0.1) is 0 Å². The molecule has 2 rings (SSSR count). The van der Waals surface area contributed by atoms with Gasteiger partial charge in [-0.15, -0.1) is 0 Å². The Morgan fingerprint density at radius 2 is 1.48 bits per heavy atom. The molecule has 0 fully saturated rings. The number of hydrogen-bond acceptors (Lipinski definition) is 6. The second-order valence-corrected chi connectivity index (χ2v) is 7.52. The predicted molar refractivity (Wildman–Crippen MR) is 110 cm³/mol. The molecule has 2 heterocycles. The molecule has 0 saturated heterocycles. The summed E-state index contributed by atoms with van der Waals surface area (Å²) >= 11 is 11.4. The molecule has 156 valence electrons. The van der Waals surface area contributed by atoms with Crippen LogP contribution >= 0.6 is 23.2 Å². The van der Waals surface area contributed by atoms with Crippen LogP contribution in [0.15, 0.2) is 36.7 Å². The van der Waals surface area contributed by atoms with E-state index in [9.17, 15) is 14.4 Å². The molecule has 29 heavy (non-hydrogen) atoms. The Morgan fingerprint density at radius 1 is 1.00 bits per heavy atom. The van der Waals surface area contributed by atoms with E-state index in [1.54, 1.807) is 40.0 Å². The van der Waals surface area contributed by atoms with Crippen molar-refractivity contribution in [3.05, 3.63) is 58.1 Å². The maximum absolute atomic E-state index is 11.9. The van der Waals surface area contributed by atoms with E-state index in [0.29, 0.717) is 15.7 Å². The molecule has 0 saturated carbocycles. The van der Waals surface area contributed by atoms with E-state index >= 15 is 0 Å². The van der Waals surface area contributed by atoms with Gasteiger partial charge in [0, 0.05) is 36.5 Å². The van der Waals surface area contributed by atoms with E-state index in [4.69, 9.17) is 27.9 Å². The molecular weight excluding hydrogens is 419 g/mol. The van der Waals surface area contributed by atoms with E-state index in [0.717, 1.165) is 4.90 Å². The molecule has 1 N–H and O–H groups in total. The van der Waals surface area contributed by atoms with Crippen molar-refractivity contribution in [3.8, 4) is 0 Å². The minimum absolute atomic E-state index is 0.0934. The number of aromatic nitrogens is 2. The molecule has 0 unspecified atom stereocenters. The normalized spacial score (nSPS) is 10.3. The van der Waals surface area contributed by atoms with Gasteiger partial charge in [-0.05, 0) is 45.0 Å². The lowest BCUT2D eigenvalue weighted by Crippen LogP contribution is -2.38. The van der Waals surface area contributed by atoms with Crippen molar-refractivity contribution >= 4 is 41.1 Å². The fourth-order valence-corrected chi connectivity index (χ4v) is 2.08. The second kappa shape index (κ2) is 10.7. The van der Waals surface area contributed by atoms with Crippen LogP contribution in [0.25, 0.3) is 0 Å². The van der Waals surface area contributed by atoms with Crippen LogP contribution < -0.4 is 5.32 Å². The first-order valence-corrected chi connectivity index (χ1v) is 9.16. The van der Waals surface area contributed by atoms with Crippen molar-refractivity contribution < 1.29 is 19.1 Å². The maximum atomic E-state index is 11.9. The van der Waals surface area contributed by atoms with Gasteiger partial charge < -0.3 is 10.1 Å². The highest BCUT2D eigenvalue weighted by molar-refractivity contribution is 6.31. The van der Waals surface area contributed by atoms with E-state index < -0.39 is 17.6 Å². The van der Waals surface area contributed by atoms with Gasteiger partial charge in [0.2, 0.25) is 0 Å².